The Bertz CT molecular complexity index is 1890. The van der Waals surface area contributed by atoms with Crippen LogP contribution in [0.15, 0.2) is 82.8 Å². The molecule has 4 N–H and O–H groups in total. The number of hydrogen-bond donors (Lipinski definition) is 4. The van der Waals surface area contributed by atoms with Gasteiger partial charge in [0.2, 0.25) is 9.84 Å². The highest BCUT2D eigenvalue weighted by atomic mass is 35.5. The van der Waals surface area contributed by atoms with Crippen molar-refractivity contribution >= 4 is 73.9 Å². The third-order valence-electron chi connectivity index (χ3n) is 6.48. The Hall–Kier alpha value is -4.56. The van der Waals surface area contributed by atoms with Crippen molar-refractivity contribution in [2.24, 2.45) is 0 Å². The van der Waals surface area contributed by atoms with Crippen LogP contribution in [0.25, 0.3) is 0 Å². The summed E-state index contributed by atoms with van der Waals surface area (Å²) in [6.45, 7) is 0. The summed E-state index contributed by atoms with van der Waals surface area (Å²) < 4.78 is 37.8. The van der Waals surface area contributed by atoms with Crippen molar-refractivity contribution < 1.29 is 37.4 Å². The molecule has 16 heteroatoms. The first kappa shape index (κ1) is 34.3. The van der Waals surface area contributed by atoms with Crippen LogP contribution < -0.4 is 25.4 Å². The van der Waals surface area contributed by atoms with Gasteiger partial charge in [-0.05, 0) is 48.0 Å². The average Bonchev–Trinajstić information content (AvgIpc) is 3.01. The molecule has 0 radical (unpaired) electrons. The van der Waals surface area contributed by atoms with E-state index in [2.05, 4.69) is 20.9 Å². The number of amides is 3. The number of hydrogen-bond acceptors (Lipinski definition) is 8. The molecule has 0 fully saturated rings. The second kappa shape index (κ2) is 14.7. The molecule has 0 saturated heterocycles. The fourth-order valence-electron chi connectivity index (χ4n) is 4.25. The van der Waals surface area contributed by atoms with Gasteiger partial charge in [0.05, 0.1) is 40.4 Å². The van der Waals surface area contributed by atoms with Gasteiger partial charge < -0.3 is 30.5 Å². The number of carbonyl (C=O) groups excluding carboxylic acids is 2. The monoisotopic (exact) mass is 706 g/mol. The molecule has 240 valence electrons. The van der Waals surface area contributed by atoms with Crippen LogP contribution in [0.3, 0.4) is 0 Å². The third-order valence-corrected chi connectivity index (χ3v) is 9.12. The predicted octanol–water partition coefficient (Wildman–Crippen LogP) is 5.96. The molecular weight excluding hydrogens is 683 g/mol. The van der Waals surface area contributed by atoms with Crippen LogP contribution in [0.4, 0.5) is 16.2 Å². The molecule has 0 spiro atoms. The van der Waals surface area contributed by atoms with Gasteiger partial charge in [0.1, 0.15) is 22.4 Å². The van der Waals surface area contributed by atoms with Gasteiger partial charge in [0, 0.05) is 35.6 Å². The Balaban J connectivity index is 1.50. The van der Waals surface area contributed by atoms with E-state index in [1.165, 1.54) is 75.1 Å². The minimum atomic E-state index is -4.31. The normalized spacial score (nSPS) is 11.7. The van der Waals surface area contributed by atoms with Crippen molar-refractivity contribution in [3.63, 3.8) is 0 Å². The zero-order chi connectivity index (χ0) is 33.6. The molecule has 12 nitrogen and oxygen atoms in total. The Labute approximate surface area is 278 Å². The number of nitrogens with one attached hydrogen (secondary N) is 3. The number of aliphatic carboxylic acids is 1. The summed E-state index contributed by atoms with van der Waals surface area (Å²) in [4.78, 5) is 40.9. The van der Waals surface area contributed by atoms with Gasteiger partial charge in [-0.25, -0.2) is 18.0 Å². The molecular formula is C30H25Cl3N4O8S. The second-order valence-corrected chi connectivity index (χ2v) is 12.6. The number of carbonyl (C=O) groups is 3. The summed E-state index contributed by atoms with van der Waals surface area (Å²) in [6.07, 6.45) is 2.41. The summed E-state index contributed by atoms with van der Waals surface area (Å²) in [6, 6.07) is 11.7. The van der Waals surface area contributed by atoms with Crippen LogP contribution in [-0.2, 0) is 21.1 Å². The van der Waals surface area contributed by atoms with Crippen molar-refractivity contribution in [2.45, 2.75) is 22.3 Å². The van der Waals surface area contributed by atoms with Gasteiger partial charge in [-0.1, -0.05) is 46.9 Å². The van der Waals surface area contributed by atoms with Crippen molar-refractivity contribution in [3.8, 4) is 11.5 Å². The van der Waals surface area contributed by atoms with E-state index in [9.17, 15) is 27.9 Å². The van der Waals surface area contributed by atoms with E-state index >= 15 is 0 Å². The van der Waals surface area contributed by atoms with Crippen LogP contribution in [0.5, 0.6) is 11.5 Å². The molecule has 0 saturated carbocycles. The summed E-state index contributed by atoms with van der Waals surface area (Å²) in [5.41, 5.74) is 0.717. The Morgan fingerprint density at radius 2 is 1.54 bits per heavy atom. The van der Waals surface area contributed by atoms with Gasteiger partial charge in [0.15, 0.2) is 0 Å². The number of halogens is 3. The number of aromatic nitrogens is 1. The number of carboxylic acids is 1. The van der Waals surface area contributed by atoms with Crippen LogP contribution in [0.1, 0.15) is 15.9 Å². The maximum atomic E-state index is 13.7. The van der Waals surface area contributed by atoms with Crippen LogP contribution in [-0.4, -0.2) is 56.7 Å². The highest BCUT2D eigenvalue weighted by Crippen LogP contribution is 2.36. The van der Waals surface area contributed by atoms with Crippen LogP contribution >= 0.6 is 34.8 Å². The number of anilines is 2. The molecule has 0 aliphatic carbocycles. The largest absolute Gasteiger partial charge is 0.497 e. The number of benzene rings is 3. The lowest BCUT2D eigenvalue weighted by atomic mass is 10.1. The van der Waals surface area contributed by atoms with E-state index in [1.807, 2.05) is 0 Å². The van der Waals surface area contributed by atoms with Gasteiger partial charge in [-0.2, -0.15) is 0 Å². The lowest BCUT2D eigenvalue weighted by molar-refractivity contribution is -0.139. The Kier molecular flexibility index (Phi) is 11.0. The van der Waals surface area contributed by atoms with Crippen molar-refractivity contribution in [2.75, 3.05) is 24.9 Å². The molecule has 0 bridgehead atoms. The molecule has 0 unspecified atom stereocenters. The molecule has 1 atom stereocenters. The summed E-state index contributed by atoms with van der Waals surface area (Å²) in [7, 11) is -1.63. The number of nitrogens with zero attached hydrogens (tertiary/aromatic N) is 1. The minimum Gasteiger partial charge on any atom is -0.497 e. The first-order chi connectivity index (χ1) is 21.8. The highest BCUT2D eigenvalue weighted by molar-refractivity contribution is 7.91. The topological polar surface area (TPSA) is 173 Å². The second-order valence-electron chi connectivity index (χ2n) is 9.48. The van der Waals surface area contributed by atoms with Gasteiger partial charge >= 0.3 is 12.0 Å². The molecule has 1 heterocycles. The Morgan fingerprint density at radius 3 is 2.15 bits per heavy atom. The van der Waals surface area contributed by atoms with E-state index in [1.54, 1.807) is 12.1 Å². The van der Waals surface area contributed by atoms with Crippen molar-refractivity contribution in [1.29, 1.82) is 0 Å². The zero-order valence-corrected chi connectivity index (χ0v) is 27.1. The first-order valence-corrected chi connectivity index (χ1v) is 15.7. The quantitative estimate of drug-likeness (QED) is 0.147. The van der Waals surface area contributed by atoms with E-state index in [0.717, 1.165) is 0 Å². The molecule has 4 aromatic rings. The SMILES string of the molecule is COc1ccc(OC)c(S(=O)(=O)c2ccc(Cl)cc2NC(=O)N[C@@H](Cc2ccc(NC(=O)c3c(Cl)cncc3Cl)cc2)C(=O)O)c1. The number of sulfone groups is 1. The van der Waals surface area contributed by atoms with Crippen LogP contribution in [0, 0.1) is 0 Å². The average molecular weight is 708 g/mol. The van der Waals surface area contributed by atoms with E-state index < -0.39 is 33.8 Å². The molecule has 1 aromatic heterocycles. The number of methoxy groups -OCH3 is 2. The highest BCUT2D eigenvalue weighted by Gasteiger charge is 2.28. The number of pyridine rings is 1. The minimum absolute atomic E-state index is 0.0349. The molecule has 0 aliphatic rings. The maximum Gasteiger partial charge on any atom is 0.326 e. The smallest absolute Gasteiger partial charge is 0.326 e. The van der Waals surface area contributed by atoms with E-state index in [0.29, 0.717) is 11.3 Å². The number of urea groups is 1. The third kappa shape index (κ3) is 7.98. The van der Waals surface area contributed by atoms with Gasteiger partial charge in [0.25, 0.3) is 5.91 Å². The molecule has 46 heavy (non-hydrogen) atoms. The molecule has 0 aliphatic heterocycles. The fourth-order valence-corrected chi connectivity index (χ4v) is 6.52. The number of ether oxygens (including phenoxy) is 2. The molecule has 3 amide bonds. The number of carboxylic acid groups (broad SMARTS) is 1. The lowest BCUT2D eigenvalue weighted by Gasteiger charge is -2.18. The van der Waals surface area contributed by atoms with Crippen LogP contribution in [0.2, 0.25) is 15.1 Å². The van der Waals surface area contributed by atoms with E-state index in [-0.39, 0.29) is 54.0 Å². The standard InChI is InChI=1S/C30H25Cl3N4O8S/c1-44-19-8-9-24(45-2)26(13-19)46(42,43)25-10-5-17(31)12-22(25)36-30(41)37-23(29(39)40)11-16-3-6-18(7-4-16)35-28(38)27-20(32)14-34-15-21(27)33/h3-10,12-15,23H,11H2,1-2H3,(H,35,38)(H,39,40)(H2,36,37,41)/t23-/m0/s1. The lowest BCUT2D eigenvalue weighted by Crippen LogP contribution is -2.44. The van der Waals surface area contributed by atoms with Crippen molar-refractivity contribution in [1.82, 2.24) is 10.3 Å². The maximum absolute atomic E-state index is 13.7. The predicted molar refractivity (Wildman–Crippen MR) is 172 cm³/mol. The first-order valence-electron chi connectivity index (χ1n) is 13.1. The summed E-state index contributed by atoms with van der Waals surface area (Å²) in [5.74, 6) is -1.64. The van der Waals surface area contributed by atoms with E-state index in [4.69, 9.17) is 44.3 Å². The van der Waals surface area contributed by atoms with Gasteiger partial charge in [-0.15, -0.1) is 0 Å². The van der Waals surface area contributed by atoms with Crippen molar-refractivity contribution in [3.05, 3.63) is 99.3 Å². The zero-order valence-electron chi connectivity index (χ0n) is 24.0. The molecule has 4 rings (SSSR count). The fraction of sp³-hybridized carbons (Fsp3) is 0.133. The van der Waals surface area contributed by atoms with Gasteiger partial charge in [-0.3, -0.25) is 9.78 Å². The summed E-state index contributed by atoms with van der Waals surface area (Å²) >= 11 is 18.2. The summed E-state index contributed by atoms with van der Waals surface area (Å²) in [5, 5.41) is 17.4. The molecule has 3 aromatic carbocycles. The Morgan fingerprint density at radius 1 is 0.870 bits per heavy atom. The number of rotatable bonds is 11.